The molecule has 0 aliphatic carbocycles. The van der Waals surface area contributed by atoms with Crippen LogP contribution in [0.15, 0.2) is 12.1 Å². The van der Waals surface area contributed by atoms with E-state index in [0.717, 1.165) is 7.11 Å². The van der Waals surface area contributed by atoms with Crippen LogP contribution in [0.5, 0.6) is 0 Å². The van der Waals surface area contributed by atoms with E-state index in [9.17, 15) is 22.4 Å². The van der Waals surface area contributed by atoms with E-state index in [1.807, 2.05) is 0 Å². The lowest BCUT2D eigenvalue weighted by atomic mass is 10.0. The molecule has 0 aliphatic heterocycles. The second kappa shape index (κ2) is 4.41. The molecule has 0 aromatic heterocycles. The van der Waals surface area contributed by atoms with Crippen molar-refractivity contribution in [2.45, 2.75) is 6.18 Å². The van der Waals surface area contributed by atoms with Crippen LogP contribution in [0.3, 0.4) is 0 Å². The van der Waals surface area contributed by atoms with Gasteiger partial charge in [-0.15, -0.1) is 0 Å². The number of methoxy groups -OCH3 is 1. The van der Waals surface area contributed by atoms with Gasteiger partial charge in [-0.3, -0.25) is 0 Å². The molecule has 0 fully saturated rings. The van der Waals surface area contributed by atoms with Gasteiger partial charge in [-0.1, -0.05) is 0 Å². The van der Waals surface area contributed by atoms with Crippen LogP contribution in [0.1, 0.15) is 21.5 Å². The average molecular weight is 247 g/mol. The lowest BCUT2D eigenvalue weighted by molar-refractivity contribution is -0.138. The Hall–Kier alpha value is -2.10. The number of nitrogens with zero attached hydrogens (tertiary/aromatic N) is 1. The first-order valence-corrected chi connectivity index (χ1v) is 4.21. The zero-order chi connectivity index (χ0) is 13.2. The van der Waals surface area contributed by atoms with Crippen molar-refractivity contribution < 1.29 is 27.1 Å². The number of ether oxygens (including phenoxy) is 1. The van der Waals surface area contributed by atoms with E-state index in [1.165, 1.54) is 6.07 Å². The van der Waals surface area contributed by atoms with Crippen molar-refractivity contribution in [1.82, 2.24) is 0 Å². The van der Waals surface area contributed by atoms with Crippen molar-refractivity contribution in [2.24, 2.45) is 0 Å². The van der Waals surface area contributed by atoms with Crippen molar-refractivity contribution in [3.05, 3.63) is 34.6 Å². The normalized spacial score (nSPS) is 10.8. The highest BCUT2D eigenvalue weighted by Gasteiger charge is 2.40. The summed E-state index contributed by atoms with van der Waals surface area (Å²) >= 11 is 0. The van der Waals surface area contributed by atoms with Crippen LogP contribution < -0.4 is 0 Å². The smallest absolute Gasteiger partial charge is 0.418 e. The SMILES string of the molecule is COC(=O)c1c(F)ccc(C#N)c1C(F)(F)F. The second-order valence-electron chi connectivity index (χ2n) is 2.95. The number of alkyl halides is 3. The van der Waals surface area contributed by atoms with Gasteiger partial charge in [-0.2, -0.15) is 18.4 Å². The Balaban J connectivity index is 3.68. The van der Waals surface area contributed by atoms with Gasteiger partial charge in [0.2, 0.25) is 0 Å². The summed E-state index contributed by atoms with van der Waals surface area (Å²) in [5.41, 5.74) is -3.73. The zero-order valence-electron chi connectivity index (χ0n) is 8.43. The molecule has 0 amide bonds. The summed E-state index contributed by atoms with van der Waals surface area (Å²) in [7, 11) is 0.820. The third-order valence-corrected chi connectivity index (χ3v) is 1.95. The Morgan fingerprint density at radius 2 is 2.00 bits per heavy atom. The fraction of sp³-hybridized carbons (Fsp3) is 0.200. The highest BCUT2D eigenvalue weighted by molar-refractivity contribution is 5.92. The minimum Gasteiger partial charge on any atom is -0.465 e. The number of nitriles is 1. The van der Waals surface area contributed by atoms with Crippen LogP contribution in [0.4, 0.5) is 17.6 Å². The molecule has 0 N–H and O–H groups in total. The lowest BCUT2D eigenvalue weighted by Crippen LogP contribution is -2.18. The molecule has 1 aromatic rings. The maximum Gasteiger partial charge on any atom is 0.418 e. The predicted molar refractivity (Wildman–Crippen MR) is 47.5 cm³/mol. The van der Waals surface area contributed by atoms with E-state index in [4.69, 9.17) is 5.26 Å². The predicted octanol–water partition coefficient (Wildman–Crippen LogP) is 2.50. The molecule has 0 saturated carbocycles. The van der Waals surface area contributed by atoms with E-state index in [-0.39, 0.29) is 0 Å². The van der Waals surface area contributed by atoms with Gasteiger partial charge in [0.25, 0.3) is 0 Å². The molecule has 0 radical (unpaired) electrons. The van der Waals surface area contributed by atoms with E-state index >= 15 is 0 Å². The monoisotopic (exact) mass is 247 g/mol. The van der Waals surface area contributed by atoms with E-state index in [0.29, 0.717) is 12.1 Å². The van der Waals surface area contributed by atoms with Gasteiger partial charge in [0.15, 0.2) is 0 Å². The average Bonchev–Trinajstić information content (AvgIpc) is 2.26. The molecular weight excluding hydrogens is 242 g/mol. The van der Waals surface area contributed by atoms with Crippen LogP contribution in [-0.4, -0.2) is 13.1 Å². The summed E-state index contributed by atoms with van der Waals surface area (Å²) in [6.45, 7) is 0. The summed E-state index contributed by atoms with van der Waals surface area (Å²) < 4.78 is 55.2. The molecule has 1 aromatic carbocycles. The Morgan fingerprint density at radius 1 is 1.41 bits per heavy atom. The molecule has 0 spiro atoms. The Labute approximate surface area is 93.2 Å². The van der Waals surface area contributed by atoms with Gasteiger partial charge in [0.1, 0.15) is 11.4 Å². The van der Waals surface area contributed by atoms with Crippen molar-refractivity contribution in [1.29, 1.82) is 5.26 Å². The number of benzene rings is 1. The number of hydrogen-bond donors (Lipinski definition) is 0. The highest BCUT2D eigenvalue weighted by atomic mass is 19.4. The molecule has 17 heavy (non-hydrogen) atoms. The van der Waals surface area contributed by atoms with E-state index in [1.54, 1.807) is 0 Å². The maximum atomic E-state index is 13.2. The topological polar surface area (TPSA) is 50.1 Å². The van der Waals surface area contributed by atoms with Gasteiger partial charge in [0.05, 0.1) is 24.3 Å². The molecule has 0 heterocycles. The summed E-state index contributed by atoms with van der Waals surface area (Å²) in [5.74, 6) is -2.87. The van der Waals surface area contributed by atoms with Gasteiger partial charge in [0, 0.05) is 0 Å². The van der Waals surface area contributed by atoms with Crippen molar-refractivity contribution >= 4 is 5.97 Å². The fourth-order valence-electron chi connectivity index (χ4n) is 1.27. The summed E-state index contributed by atoms with van der Waals surface area (Å²) in [6, 6.07) is 2.52. The van der Waals surface area contributed by atoms with E-state index in [2.05, 4.69) is 4.74 Å². The standard InChI is InChI=1S/C10H5F4NO2/c1-17-9(16)7-6(11)3-2-5(4-15)8(7)10(12,13)14/h2-3H,1H3. The summed E-state index contributed by atoms with van der Waals surface area (Å²) in [4.78, 5) is 11.1. The molecule has 0 atom stereocenters. The van der Waals surface area contributed by atoms with Crippen LogP contribution in [0, 0.1) is 17.1 Å². The van der Waals surface area contributed by atoms with Crippen LogP contribution in [0.2, 0.25) is 0 Å². The molecule has 90 valence electrons. The van der Waals surface area contributed by atoms with Crippen molar-refractivity contribution in [3.63, 3.8) is 0 Å². The summed E-state index contributed by atoms with van der Waals surface area (Å²) in [6.07, 6.45) is -5.02. The number of hydrogen-bond acceptors (Lipinski definition) is 3. The molecular formula is C10H5F4NO2. The summed E-state index contributed by atoms with van der Waals surface area (Å²) in [5, 5.41) is 8.53. The molecule has 0 bridgehead atoms. The number of rotatable bonds is 1. The minimum absolute atomic E-state index is 0.611. The number of halogens is 4. The van der Waals surface area contributed by atoms with Gasteiger partial charge in [-0.25, -0.2) is 9.18 Å². The number of carbonyl (C=O) groups excluding carboxylic acids is 1. The zero-order valence-corrected chi connectivity index (χ0v) is 8.43. The largest absolute Gasteiger partial charge is 0.465 e. The highest BCUT2D eigenvalue weighted by Crippen LogP contribution is 2.35. The fourth-order valence-corrected chi connectivity index (χ4v) is 1.27. The third kappa shape index (κ3) is 2.36. The molecule has 0 aliphatic rings. The van der Waals surface area contributed by atoms with Gasteiger partial charge < -0.3 is 4.74 Å². The van der Waals surface area contributed by atoms with Crippen LogP contribution >= 0.6 is 0 Å². The Morgan fingerprint density at radius 3 is 2.41 bits per heavy atom. The van der Waals surface area contributed by atoms with Crippen molar-refractivity contribution in [2.75, 3.05) is 7.11 Å². The Bertz CT molecular complexity index is 502. The van der Waals surface area contributed by atoms with Gasteiger partial charge >= 0.3 is 12.1 Å². The first-order valence-electron chi connectivity index (χ1n) is 4.21. The molecule has 1 rings (SSSR count). The molecule has 7 heteroatoms. The lowest BCUT2D eigenvalue weighted by Gasteiger charge is -2.13. The second-order valence-corrected chi connectivity index (χ2v) is 2.95. The van der Waals surface area contributed by atoms with Gasteiger partial charge in [-0.05, 0) is 12.1 Å². The minimum atomic E-state index is -5.02. The van der Waals surface area contributed by atoms with Crippen molar-refractivity contribution in [3.8, 4) is 6.07 Å². The van der Waals surface area contributed by atoms with Crippen LogP contribution in [-0.2, 0) is 10.9 Å². The van der Waals surface area contributed by atoms with Crippen LogP contribution in [0.25, 0.3) is 0 Å². The molecule has 3 nitrogen and oxygen atoms in total. The quantitative estimate of drug-likeness (QED) is 0.566. The third-order valence-electron chi connectivity index (χ3n) is 1.95. The number of esters is 1. The number of carbonyl (C=O) groups is 1. The van der Waals surface area contributed by atoms with E-state index < -0.39 is 34.7 Å². The maximum absolute atomic E-state index is 13.2. The molecule has 0 saturated heterocycles. The molecule has 0 unspecified atom stereocenters. The first-order chi connectivity index (χ1) is 7.82. The first kappa shape index (κ1) is 13.0. The Kier molecular flexibility index (Phi) is 3.36.